The SMILES string of the molecule is CCNCc1nccn1CC(=O)Nc1cccc(OC)c1. The normalized spacial score (nSPS) is 10.4. The van der Waals surface area contributed by atoms with Crippen molar-refractivity contribution < 1.29 is 9.53 Å². The van der Waals surface area contributed by atoms with E-state index in [1.54, 1.807) is 25.6 Å². The zero-order valence-electron chi connectivity index (χ0n) is 12.3. The van der Waals surface area contributed by atoms with Gasteiger partial charge in [0.2, 0.25) is 5.91 Å². The fraction of sp³-hybridized carbons (Fsp3) is 0.333. The smallest absolute Gasteiger partial charge is 0.244 e. The predicted octanol–water partition coefficient (Wildman–Crippen LogP) is 1.64. The molecule has 21 heavy (non-hydrogen) atoms. The maximum absolute atomic E-state index is 12.1. The number of ether oxygens (including phenoxy) is 1. The van der Waals surface area contributed by atoms with Gasteiger partial charge in [0, 0.05) is 24.1 Å². The second kappa shape index (κ2) is 7.44. The molecule has 6 nitrogen and oxygen atoms in total. The second-order valence-corrected chi connectivity index (χ2v) is 4.53. The number of hydrogen-bond acceptors (Lipinski definition) is 4. The Balaban J connectivity index is 1.96. The standard InChI is InChI=1S/C15H20N4O2/c1-3-16-10-14-17-7-8-19(14)11-15(20)18-12-5-4-6-13(9-12)21-2/h4-9,16H,3,10-11H2,1-2H3,(H,18,20). The van der Waals surface area contributed by atoms with Gasteiger partial charge in [-0.3, -0.25) is 4.79 Å². The third-order valence-corrected chi connectivity index (χ3v) is 3.00. The molecule has 0 spiro atoms. The lowest BCUT2D eigenvalue weighted by Crippen LogP contribution is -2.22. The first-order chi connectivity index (χ1) is 10.2. The van der Waals surface area contributed by atoms with Crippen LogP contribution < -0.4 is 15.4 Å². The number of rotatable bonds is 7. The molecule has 0 atom stereocenters. The van der Waals surface area contributed by atoms with E-state index in [2.05, 4.69) is 15.6 Å². The molecule has 1 heterocycles. The number of hydrogen-bond donors (Lipinski definition) is 2. The van der Waals surface area contributed by atoms with Crippen LogP contribution >= 0.6 is 0 Å². The number of benzene rings is 1. The lowest BCUT2D eigenvalue weighted by atomic mass is 10.3. The maximum atomic E-state index is 12.1. The molecule has 1 amide bonds. The first-order valence-electron chi connectivity index (χ1n) is 6.87. The van der Waals surface area contributed by atoms with Gasteiger partial charge in [-0.15, -0.1) is 0 Å². The van der Waals surface area contributed by atoms with Crippen molar-refractivity contribution in [2.75, 3.05) is 19.0 Å². The zero-order valence-corrected chi connectivity index (χ0v) is 12.3. The van der Waals surface area contributed by atoms with Gasteiger partial charge in [0.25, 0.3) is 0 Å². The molecular formula is C15H20N4O2. The van der Waals surface area contributed by atoms with E-state index in [-0.39, 0.29) is 12.5 Å². The number of nitrogens with one attached hydrogen (secondary N) is 2. The van der Waals surface area contributed by atoms with Crippen LogP contribution in [0.15, 0.2) is 36.7 Å². The lowest BCUT2D eigenvalue weighted by molar-refractivity contribution is -0.116. The predicted molar refractivity (Wildman–Crippen MR) is 81.2 cm³/mol. The monoisotopic (exact) mass is 288 g/mol. The third-order valence-electron chi connectivity index (χ3n) is 3.00. The van der Waals surface area contributed by atoms with Gasteiger partial charge in [-0.2, -0.15) is 0 Å². The number of aromatic nitrogens is 2. The van der Waals surface area contributed by atoms with Crippen LogP contribution in [0.4, 0.5) is 5.69 Å². The quantitative estimate of drug-likeness (QED) is 0.812. The summed E-state index contributed by atoms with van der Waals surface area (Å²) in [5.41, 5.74) is 0.715. The highest BCUT2D eigenvalue weighted by molar-refractivity contribution is 5.90. The van der Waals surface area contributed by atoms with Gasteiger partial charge in [-0.25, -0.2) is 4.98 Å². The number of carbonyl (C=O) groups excluding carboxylic acids is 1. The van der Waals surface area contributed by atoms with E-state index < -0.39 is 0 Å². The molecule has 2 aromatic rings. The molecule has 2 N–H and O–H groups in total. The van der Waals surface area contributed by atoms with E-state index in [9.17, 15) is 4.79 Å². The molecule has 0 fully saturated rings. The third kappa shape index (κ3) is 4.32. The molecular weight excluding hydrogens is 268 g/mol. The van der Waals surface area contributed by atoms with E-state index in [0.29, 0.717) is 18.0 Å². The minimum Gasteiger partial charge on any atom is -0.497 e. The molecule has 6 heteroatoms. The van der Waals surface area contributed by atoms with Crippen molar-refractivity contribution in [3.63, 3.8) is 0 Å². The molecule has 0 aliphatic heterocycles. The average molecular weight is 288 g/mol. The van der Waals surface area contributed by atoms with Crippen molar-refractivity contribution in [1.82, 2.24) is 14.9 Å². The van der Waals surface area contributed by atoms with Gasteiger partial charge < -0.3 is 19.9 Å². The van der Waals surface area contributed by atoms with Crippen LogP contribution in [0.25, 0.3) is 0 Å². The maximum Gasteiger partial charge on any atom is 0.244 e. The molecule has 2 rings (SSSR count). The number of anilines is 1. The van der Waals surface area contributed by atoms with Crippen LogP contribution in [0.5, 0.6) is 5.75 Å². The number of carbonyl (C=O) groups is 1. The Morgan fingerprint density at radius 3 is 3.05 bits per heavy atom. The largest absolute Gasteiger partial charge is 0.497 e. The van der Waals surface area contributed by atoms with Crippen molar-refractivity contribution in [2.24, 2.45) is 0 Å². The molecule has 112 valence electrons. The summed E-state index contributed by atoms with van der Waals surface area (Å²) in [6.45, 7) is 3.78. The number of amides is 1. The highest BCUT2D eigenvalue weighted by atomic mass is 16.5. The number of methoxy groups -OCH3 is 1. The van der Waals surface area contributed by atoms with E-state index in [4.69, 9.17) is 4.74 Å². The van der Waals surface area contributed by atoms with Crippen molar-refractivity contribution in [3.8, 4) is 5.75 Å². The van der Waals surface area contributed by atoms with Crippen LogP contribution in [0.1, 0.15) is 12.7 Å². The van der Waals surface area contributed by atoms with Crippen molar-refractivity contribution in [1.29, 1.82) is 0 Å². The Hall–Kier alpha value is -2.34. The highest BCUT2D eigenvalue weighted by Crippen LogP contribution is 2.16. The van der Waals surface area contributed by atoms with E-state index in [1.165, 1.54) is 0 Å². The van der Waals surface area contributed by atoms with Crippen LogP contribution in [-0.2, 0) is 17.9 Å². The Kier molecular flexibility index (Phi) is 5.34. The molecule has 0 saturated heterocycles. The Bertz CT molecular complexity index is 595. The van der Waals surface area contributed by atoms with Gasteiger partial charge in [0.1, 0.15) is 18.1 Å². The van der Waals surface area contributed by atoms with Gasteiger partial charge in [-0.05, 0) is 18.7 Å². The minimum atomic E-state index is -0.0981. The molecule has 0 aliphatic rings. The van der Waals surface area contributed by atoms with Gasteiger partial charge in [0.15, 0.2) is 0 Å². The Morgan fingerprint density at radius 1 is 1.43 bits per heavy atom. The highest BCUT2D eigenvalue weighted by Gasteiger charge is 2.08. The fourth-order valence-electron chi connectivity index (χ4n) is 1.94. The summed E-state index contributed by atoms with van der Waals surface area (Å²) in [4.78, 5) is 16.3. The van der Waals surface area contributed by atoms with E-state index in [0.717, 1.165) is 12.4 Å². The summed E-state index contributed by atoms with van der Waals surface area (Å²) in [5.74, 6) is 1.46. The molecule has 0 radical (unpaired) electrons. The Labute approximate surface area is 124 Å². The van der Waals surface area contributed by atoms with Crippen molar-refractivity contribution in [2.45, 2.75) is 20.0 Å². The summed E-state index contributed by atoms with van der Waals surface area (Å²) in [5, 5.41) is 6.05. The molecule has 1 aromatic carbocycles. The average Bonchev–Trinajstić information content (AvgIpc) is 2.92. The van der Waals surface area contributed by atoms with Gasteiger partial charge in [0.05, 0.1) is 13.7 Å². The summed E-state index contributed by atoms with van der Waals surface area (Å²) in [7, 11) is 1.60. The van der Waals surface area contributed by atoms with Gasteiger partial charge in [-0.1, -0.05) is 13.0 Å². The molecule has 0 aliphatic carbocycles. The summed E-state index contributed by atoms with van der Waals surface area (Å²) >= 11 is 0. The van der Waals surface area contributed by atoms with Crippen LogP contribution in [0, 0.1) is 0 Å². The summed E-state index contributed by atoms with van der Waals surface area (Å²) in [6.07, 6.45) is 3.50. The summed E-state index contributed by atoms with van der Waals surface area (Å²) in [6, 6.07) is 7.28. The van der Waals surface area contributed by atoms with Crippen molar-refractivity contribution >= 4 is 11.6 Å². The first kappa shape index (κ1) is 15.1. The van der Waals surface area contributed by atoms with Crippen LogP contribution in [0.2, 0.25) is 0 Å². The molecule has 0 unspecified atom stereocenters. The van der Waals surface area contributed by atoms with Gasteiger partial charge >= 0.3 is 0 Å². The van der Waals surface area contributed by atoms with E-state index in [1.807, 2.05) is 29.7 Å². The molecule has 0 saturated carbocycles. The zero-order chi connectivity index (χ0) is 15.1. The van der Waals surface area contributed by atoms with Crippen LogP contribution in [0.3, 0.4) is 0 Å². The second-order valence-electron chi connectivity index (χ2n) is 4.53. The molecule has 1 aromatic heterocycles. The summed E-state index contributed by atoms with van der Waals surface area (Å²) < 4.78 is 6.96. The topological polar surface area (TPSA) is 68.2 Å². The van der Waals surface area contributed by atoms with E-state index >= 15 is 0 Å². The number of nitrogens with zero attached hydrogens (tertiary/aromatic N) is 2. The lowest BCUT2D eigenvalue weighted by Gasteiger charge is -2.10. The van der Waals surface area contributed by atoms with Crippen LogP contribution in [-0.4, -0.2) is 29.1 Å². The number of imidazole rings is 1. The minimum absolute atomic E-state index is 0.0981. The first-order valence-corrected chi connectivity index (χ1v) is 6.87. The fourth-order valence-corrected chi connectivity index (χ4v) is 1.94. The van der Waals surface area contributed by atoms with Crippen molar-refractivity contribution in [3.05, 3.63) is 42.5 Å². The Morgan fingerprint density at radius 2 is 2.29 bits per heavy atom. The molecule has 0 bridgehead atoms.